The normalized spacial score (nSPS) is 10.2. The number of hydrogen-bond donors (Lipinski definition) is 0. The summed E-state index contributed by atoms with van der Waals surface area (Å²) in [5.74, 6) is 1.73. The van der Waals surface area contributed by atoms with E-state index in [0.717, 1.165) is 24.3 Å². The lowest BCUT2D eigenvalue weighted by Crippen LogP contribution is -1.92. The van der Waals surface area contributed by atoms with E-state index >= 15 is 0 Å². The van der Waals surface area contributed by atoms with E-state index < -0.39 is 0 Å². The molecule has 0 saturated carbocycles. The number of hydrogen-bond acceptors (Lipinski definition) is 1. The highest BCUT2D eigenvalue weighted by atomic mass is 16.5. The quantitative estimate of drug-likeness (QED) is 0.640. The van der Waals surface area contributed by atoms with E-state index in [4.69, 9.17) is 4.74 Å². The van der Waals surface area contributed by atoms with E-state index in [1.54, 1.807) is 0 Å². The smallest absolute Gasteiger partial charge is 0.127 e. The summed E-state index contributed by atoms with van der Waals surface area (Å²) < 4.78 is 5.99. The molecule has 1 heteroatoms. The van der Waals surface area contributed by atoms with Crippen LogP contribution in [0.4, 0.5) is 0 Å². The molecular weight excluding hydrogens is 256 g/mol. The first kappa shape index (κ1) is 15.1. The minimum atomic E-state index is 0.867. The Hall–Kier alpha value is -2.28. The first-order valence-corrected chi connectivity index (χ1v) is 7.40. The second-order valence-corrected chi connectivity index (χ2v) is 4.94. The number of benzene rings is 2. The zero-order chi connectivity index (χ0) is 15.2. The summed E-state index contributed by atoms with van der Waals surface area (Å²) in [6, 6.07) is 12.3. The Labute approximate surface area is 127 Å². The third-order valence-corrected chi connectivity index (χ3v) is 3.67. The maximum Gasteiger partial charge on any atom is 0.127 e. The molecular formula is C20H22O. The van der Waals surface area contributed by atoms with Crippen LogP contribution in [0.25, 0.3) is 12.2 Å². The molecule has 0 unspecified atom stereocenters. The molecule has 2 aromatic rings. The van der Waals surface area contributed by atoms with Crippen molar-refractivity contribution in [1.82, 2.24) is 0 Å². The second-order valence-electron chi connectivity index (χ2n) is 4.94. The van der Waals surface area contributed by atoms with Crippen LogP contribution < -0.4 is 4.74 Å². The zero-order valence-electron chi connectivity index (χ0n) is 12.9. The fourth-order valence-corrected chi connectivity index (χ4v) is 2.44. The summed E-state index contributed by atoms with van der Waals surface area (Å²) >= 11 is 0. The lowest BCUT2D eigenvalue weighted by atomic mass is 10.0. The maximum atomic E-state index is 5.99. The van der Waals surface area contributed by atoms with E-state index in [0.29, 0.717) is 0 Å². The Morgan fingerprint density at radius 2 is 1.24 bits per heavy atom. The Morgan fingerprint density at radius 1 is 0.810 bits per heavy atom. The van der Waals surface area contributed by atoms with Crippen molar-refractivity contribution >= 4 is 12.2 Å². The van der Waals surface area contributed by atoms with Gasteiger partial charge in [0.1, 0.15) is 11.5 Å². The molecule has 0 amide bonds. The third kappa shape index (κ3) is 3.43. The molecule has 1 nitrogen and oxygen atoms in total. The van der Waals surface area contributed by atoms with Crippen molar-refractivity contribution in [2.45, 2.75) is 26.7 Å². The van der Waals surface area contributed by atoms with Crippen LogP contribution in [0, 0.1) is 0 Å². The van der Waals surface area contributed by atoms with Gasteiger partial charge in [-0.05, 0) is 59.4 Å². The van der Waals surface area contributed by atoms with E-state index in [1.807, 2.05) is 24.3 Å². The van der Waals surface area contributed by atoms with Gasteiger partial charge in [-0.3, -0.25) is 0 Å². The summed E-state index contributed by atoms with van der Waals surface area (Å²) in [6.07, 6.45) is 5.70. The van der Waals surface area contributed by atoms with Crippen LogP contribution in [0.15, 0.2) is 49.6 Å². The van der Waals surface area contributed by atoms with Crippen LogP contribution in [0.5, 0.6) is 11.5 Å². The van der Waals surface area contributed by atoms with Gasteiger partial charge in [-0.2, -0.15) is 0 Å². The van der Waals surface area contributed by atoms with Crippen molar-refractivity contribution in [3.05, 3.63) is 71.8 Å². The second kappa shape index (κ2) is 6.94. The largest absolute Gasteiger partial charge is 0.457 e. The molecule has 0 atom stereocenters. The average Bonchev–Trinajstić information content (AvgIpc) is 2.54. The Balaban J connectivity index is 2.29. The summed E-state index contributed by atoms with van der Waals surface area (Å²) in [4.78, 5) is 0. The van der Waals surface area contributed by atoms with Crippen molar-refractivity contribution in [3.8, 4) is 11.5 Å². The van der Waals surface area contributed by atoms with Gasteiger partial charge in [0.15, 0.2) is 0 Å². The Kier molecular flexibility index (Phi) is 4.99. The van der Waals surface area contributed by atoms with Crippen LogP contribution in [-0.2, 0) is 12.8 Å². The maximum absolute atomic E-state index is 5.99. The van der Waals surface area contributed by atoms with Gasteiger partial charge in [-0.25, -0.2) is 0 Å². The van der Waals surface area contributed by atoms with E-state index in [9.17, 15) is 0 Å². The predicted molar refractivity (Wildman–Crippen MR) is 91.9 cm³/mol. The summed E-state index contributed by atoms with van der Waals surface area (Å²) in [5.41, 5.74) is 4.84. The first-order chi connectivity index (χ1) is 10.2. The molecule has 0 fully saturated rings. The van der Waals surface area contributed by atoms with Crippen molar-refractivity contribution in [3.63, 3.8) is 0 Å². The lowest BCUT2D eigenvalue weighted by molar-refractivity contribution is 0.481. The number of aryl methyl sites for hydroxylation is 2. The molecule has 2 aromatic carbocycles. The van der Waals surface area contributed by atoms with Crippen LogP contribution in [0.2, 0.25) is 0 Å². The van der Waals surface area contributed by atoms with Gasteiger partial charge in [0.25, 0.3) is 0 Å². The van der Waals surface area contributed by atoms with Crippen LogP contribution in [-0.4, -0.2) is 0 Å². The van der Waals surface area contributed by atoms with Crippen molar-refractivity contribution < 1.29 is 4.74 Å². The number of ether oxygens (including phenoxy) is 1. The molecule has 0 heterocycles. The molecule has 0 N–H and O–H groups in total. The molecule has 0 bridgehead atoms. The molecule has 0 aromatic heterocycles. The molecule has 0 radical (unpaired) electrons. The fraction of sp³-hybridized carbons (Fsp3) is 0.200. The summed E-state index contributed by atoms with van der Waals surface area (Å²) in [5, 5.41) is 0. The predicted octanol–water partition coefficient (Wildman–Crippen LogP) is 5.89. The third-order valence-electron chi connectivity index (χ3n) is 3.67. The van der Waals surface area contributed by atoms with Gasteiger partial charge >= 0.3 is 0 Å². The van der Waals surface area contributed by atoms with Gasteiger partial charge in [0.05, 0.1) is 0 Å². The molecule has 0 saturated heterocycles. The van der Waals surface area contributed by atoms with Crippen LogP contribution in [0.1, 0.15) is 36.1 Å². The average molecular weight is 278 g/mol. The van der Waals surface area contributed by atoms with Crippen molar-refractivity contribution in [1.29, 1.82) is 0 Å². The molecule has 0 aliphatic rings. The Morgan fingerprint density at radius 3 is 1.57 bits per heavy atom. The summed E-state index contributed by atoms with van der Waals surface area (Å²) in [6.45, 7) is 12.0. The number of rotatable bonds is 6. The highest BCUT2D eigenvalue weighted by Gasteiger charge is 2.04. The molecule has 0 aliphatic carbocycles. The molecule has 2 rings (SSSR count). The van der Waals surface area contributed by atoms with Gasteiger partial charge in [0.2, 0.25) is 0 Å². The minimum absolute atomic E-state index is 0.867. The molecule has 0 spiro atoms. The molecule has 21 heavy (non-hydrogen) atoms. The minimum Gasteiger partial charge on any atom is -0.457 e. The highest BCUT2D eigenvalue weighted by molar-refractivity contribution is 5.56. The highest BCUT2D eigenvalue weighted by Crippen LogP contribution is 2.27. The van der Waals surface area contributed by atoms with Gasteiger partial charge in [0, 0.05) is 0 Å². The van der Waals surface area contributed by atoms with E-state index in [2.05, 4.69) is 51.3 Å². The fourth-order valence-electron chi connectivity index (χ4n) is 2.44. The SMILES string of the molecule is C=Cc1ccc(Oc2ccc(C=C)c(CC)c2)cc1CC. The van der Waals surface area contributed by atoms with Gasteiger partial charge in [-0.1, -0.05) is 51.3 Å². The van der Waals surface area contributed by atoms with Crippen molar-refractivity contribution in [2.24, 2.45) is 0 Å². The standard InChI is InChI=1S/C20H22O/c1-5-15-9-11-19(13-17(15)7-3)21-20-12-10-16(6-2)18(8-4)14-20/h5-6,9-14H,1-2,7-8H2,3-4H3. The van der Waals surface area contributed by atoms with E-state index in [1.165, 1.54) is 22.3 Å². The monoisotopic (exact) mass is 278 g/mol. The topological polar surface area (TPSA) is 9.23 Å². The summed E-state index contributed by atoms with van der Waals surface area (Å²) in [7, 11) is 0. The first-order valence-electron chi connectivity index (χ1n) is 7.40. The van der Waals surface area contributed by atoms with E-state index in [-0.39, 0.29) is 0 Å². The van der Waals surface area contributed by atoms with Gasteiger partial charge < -0.3 is 4.74 Å². The lowest BCUT2D eigenvalue weighted by Gasteiger charge is -2.11. The molecule has 108 valence electrons. The van der Waals surface area contributed by atoms with Gasteiger partial charge in [-0.15, -0.1) is 0 Å². The van der Waals surface area contributed by atoms with Crippen molar-refractivity contribution in [2.75, 3.05) is 0 Å². The van der Waals surface area contributed by atoms with Crippen LogP contribution in [0.3, 0.4) is 0 Å². The van der Waals surface area contributed by atoms with Crippen LogP contribution >= 0.6 is 0 Å². The Bertz CT molecular complexity index is 595. The zero-order valence-corrected chi connectivity index (χ0v) is 12.9. The molecule has 0 aliphatic heterocycles.